The highest BCUT2D eigenvalue weighted by molar-refractivity contribution is 5.85. The molecule has 1 aromatic heterocycles. The first-order valence-electron chi connectivity index (χ1n) is 9.40. The zero-order chi connectivity index (χ0) is 21.6. The van der Waals surface area contributed by atoms with Gasteiger partial charge in [-0.3, -0.25) is 4.68 Å². The van der Waals surface area contributed by atoms with E-state index in [1.54, 1.807) is 0 Å². The highest BCUT2D eigenvalue weighted by Crippen LogP contribution is 2.39. The van der Waals surface area contributed by atoms with Gasteiger partial charge in [0.25, 0.3) is 0 Å². The van der Waals surface area contributed by atoms with Gasteiger partial charge in [-0.15, -0.1) is 5.10 Å². The minimum Gasteiger partial charge on any atom is -0.492 e. The van der Waals surface area contributed by atoms with Gasteiger partial charge < -0.3 is 20.3 Å². The fourth-order valence-electron chi connectivity index (χ4n) is 3.72. The second-order valence-electron chi connectivity index (χ2n) is 8.33. The first-order chi connectivity index (χ1) is 13.3. The first kappa shape index (κ1) is 21.8. The van der Waals surface area contributed by atoms with Gasteiger partial charge in [-0.2, -0.15) is 17.6 Å². The van der Waals surface area contributed by atoms with Gasteiger partial charge in [0.05, 0.1) is 34.7 Å². The lowest BCUT2D eigenvalue weighted by Gasteiger charge is -2.32. The molecular formula is C19H25F4N3O3. The molecule has 6 nitrogen and oxygen atoms in total. The number of ether oxygens (including phenoxy) is 1. The summed E-state index contributed by atoms with van der Waals surface area (Å²) in [6.07, 6.45) is -4.27. The van der Waals surface area contributed by atoms with Crippen molar-refractivity contribution in [2.24, 2.45) is 0 Å². The quantitative estimate of drug-likeness (QED) is 0.650. The van der Waals surface area contributed by atoms with Crippen molar-refractivity contribution in [2.75, 3.05) is 6.61 Å². The highest BCUT2D eigenvalue weighted by atomic mass is 19.4. The maximum atomic E-state index is 14.3. The summed E-state index contributed by atoms with van der Waals surface area (Å²) in [5.74, 6) is -1.21. The average molecular weight is 419 g/mol. The zero-order valence-electron chi connectivity index (χ0n) is 16.4. The number of halogens is 4. The Morgan fingerprint density at radius 1 is 1.28 bits per heavy atom. The summed E-state index contributed by atoms with van der Waals surface area (Å²) in [7, 11) is 0. The molecule has 2 heterocycles. The number of aliphatic hydroxyl groups is 2. The minimum atomic E-state index is -4.77. The van der Waals surface area contributed by atoms with Gasteiger partial charge in [-0.25, -0.2) is 0 Å². The Kier molecular flexibility index (Phi) is 5.81. The molecule has 1 aliphatic rings. The normalized spacial score (nSPS) is 23.6. The smallest absolute Gasteiger partial charge is 0.418 e. The van der Waals surface area contributed by atoms with Crippen LogP contribution < -0.4 is 10.1 Å². The molecule has 3 N–H and O–H groups in total. The van der Waals surface area contributed by atoms with Crippen molar-refractivity contribution in [1.29, 1.82) is 0 Å². The molecule has 1 aliphatic heterocycles. The maximum absolute atomic E-state index is 14.3. The SMILES string of the molecule is CC1CC(O)CC(COc2cc(C(F)(F)F)c3c(c2)c(F)nn3CC(C)(C)O)N1. The Labute approximate surface area is 165 Å². The number of rotatable bonds is 5. The molecule has 10 heteroatoms. The third-order valence-corrected chi connectivity index (χ3v) is 4.77. The number of piperidine rings is 1. The Hall–Kier alpha value is -1.91. The van der Waals surface area contributed by atoms with Crippen molar-refractivity contribution in [3.8, 4) is 5.75 Å². The average Bonchev–Trinajstić information content (AvgIpc) is 2.84. The van der Waals surface area contributed by atoms with Crippen LogP contribution >= 0.6 is 0 Å². The molecule has 1 aromatic carbocycles. The number of alkyl halides is 3. The van der Waals surface area contributed by atoms with E-state index >= 15 is 0 Å². The van der Waals surface area contributed by atoms with Crippen molar-refractivity contribution in [1.82, 2.24) is 15.1 Å². The molecule has 1 saturated heterocycles. The van der Waals surface area contributed by atoms with E-state index < -0.39 is 34.9 Å². The fourth-order valence-corrected chi connectivity index (χ4v) is 3.72. The van der Waals surface area contributed by atoms with Crippen LogP contribution in [0, 0.1) is 5.95 Å². The molecular weight excluding hydrogens is 394 g/mol. The lowest BCUT2D eigenvalue weighted by molar-refractivity contribution is -0.136. The van der Waals surface area contributed by atoms with Crippen LogP contribution in [0.1, 0.15) is 39.2 Å². The van der Waals surface area contributed by atoms with Crippen LogP contribution in [0.15, 0.2) is 12.1 Å². The number of nitrogens with one attached hydrogen (secondary N) is 1. The summed E-state index contributed by atoms with van der Waals surface area (Å²) in [5.41, 5.74) is -2.91. The number of hydrogen-bond acceptors (Lipinski definition) is 5. The molecule has 0 spiro atoms. The second-order valence-corrected chi connectivity index (χ2v) is 8.33. The third-order valence-electron chi connectivity index (χ3n) is 4.77. The predicted octanol–water partition coefficient (Wildman–Crippen LogP) is 2.85. The second kappa shape index (κ2) is 7.73. The van der Waals surface area contributed by atoms with E-state index in [1.807, 2.05) is 6.92 Å². The topological polar surface area (TPSA) is 79.5 Å². The third kappa shape index (κ3) is 5.18. The molecule has 0 saturated carbocycles. The maximum Gasteiger partial charge on any atom is 0.418 e. The summed E-state index contributed by atoms with van der Waals surface area (Å²) < 4.78 is 61.8. The summed E-state index contributed by atoms with van der Waals surface area (Å²) in [5, 5.41) is 26.2. The van der Waals surface area contributed by atoms with Crippen LogP contribution in [0.4, 0.5) is 17.6 Å². The van der Waals surface area contributed by atoms with Crippen LogP contribution in [0.5, 0.6) is 5.75 Å². The van der Waals surface area contributed by atoms with Crippen LogP contribution in [-0.2, 0) is 12.7 Å². The van der Waals surface area contributed by atoms with Crippen molar-refractivity contribution in [2.45, 2.75) is 70.1 Å². The molecule has 0 amide bonds. The van der Waals surface area contributed by atoms with Gasteiger partial charge in [-0.05, 0) is 45.7 Å². The van der Waals surface area contributed by atoms with E-state index in [4.69, 9.17) is 4.74 Å². The van der Waals surface area contributed by atoms with Gasteiger partial charge in [-0.1, -0.05) is 0 Å². The standard InChI is InChI=1S/C19H25F4N3O3/c1-10-4-12(27)5-11(24-10)8-29-13-6-14-16(15(7-13)19(21,22)23)26(25-17(14)20)9-18(2,3)28/h6-7,10-12,24,27-28H,4-5,8-9H2,1-3H3. The van der Waals surface area contributed by atoms with Crippen molar-refractivity contribution in [3.05, 3.63) is 23.6 Å². The lowest BCUT2D eigenvalue weighted by atomic mass is 9.97. The summed E-state index contributed by atoms with van der Waals surface area (Å²) >= 11 is 0. The monoisotopic (exact) mass is 419 g/mol. The number of nitrogens with zero attached hydrogens (tertiary/aromatic N) is 2. The Balaban J connectivity index is 1.95. The fraction of sp³-hybridized carbons (Fsp3) is 0.632. The Morgan fingerprint density at radius 2 is 1.97 bits per heavy atom. The van der Waals surface area contributed by atoms with Gasteiger partial charge in [0.1, 0.15) is 12.4 Å². The van der Waals surface area contributed by atoms with E-state index in [1.165, 1.54) is 19.9 Å². The van der Waals surface area contributed by atoms with Crippen molar-refractivity contribution < 1.29 is 32.5 Å². The van der Waals surface area contributed by atoms with E-state index in [0.29, 0.717) is 12.8 Å². The zero-order valence-corrected chi connectivity index (χ0v) is 16.4. The van der Waals surface area contributed by atoms with E-state index in [2.05, 4.69) is 10.4 Å². The van der Waals surface area contributed by atoms with Gasteiger partial charge >= 0.3 is 6.18 Å². The van der Waals surface area contributed by atoms with Crippen LogP contribution in [0.25, 0.3) is 10.9 Å². The van der Waals surface area contributed by atoms with Crippen LogP contribution in [0.2, 0.25) is 0 Å². The van der Waals surface area contributed by atoms with Gasteiger partial charge in [0.2, 0.25) is 5.95 Å². The van der Waals surface area contributed by atoms with E-state index in [9.17, 15) is 27.8 Å². The Bertz CT molecular complexity index is 866. The minimum absolute atomic E-state index is 0.0314. The van der Waals surface area contributed by atoms with Crippen LogP contribution in [-0.4, -0.2) is 50.4 Å². The molecule has 29 heavy (non-hydrogen) atoms. The van der Waals surface area contributed by atoms with Crippen molar-refractivity contribution in [3.63, 3.8) is 0 Å². The number of aliphatic hydroxyl groups excluding tert-OH is 1. The number of fused-ring (bicyclic) bond motifs is 1. The number of benzene rings is 1. The highest BCUT2D eigenvalue weighted by Gasteiger charge is 2.37. The molecule has 3 rings (SSSR count). The van der Waals surface area contributed by atoms with Gasteiger partial charge in [0.15, 0.2) is 0 Å². The number of hydrogen-bond donors (Lipinski definition) is 3. The Morgan fingerprint density at radius 3 is 2.55 bits per heavy atom. The molecule has 0 bridgehead atoms. The first-order valence-corrected chi connectivity index (χ1v) is 9.40. The molecule has 162 valence electrons. The predicted molar refractivity (Wildman–Crippen MR) is 98.1 cm³/mol. The van der Waals surface area contributed by atoms with Crippen molar-refractivity contribution >= 4 is 10.9 Å². The molecule has 0 radical (unpaired) electrons. The van der Waals surface area contributed by atoms with E-state index in [0.717, 1.165) is 10.7 Å². The molecule has 3 unspecified atom stereocenters. The van der Waals surface area contributed by atoms with Crippen LogP contribution in [0.3, 0.4) is 0 Å². The summed E-state index contributed by atoms with van der Waals surface area (Å²) in [6, 6.07) is 1.81. The summed E-state index contributed by atoms with van der Waals surface area (Å²) in [6.45, 7) is 4.42. The molecule has 1 fully saturated rings. The van der Waals surface area contributed by atoms with E-state index in [-0.39, 0.29) is 36.4 Å². The molecule has 2 aromatic rings. The lowest BCUT2D eigenvalue weighted by Crippen LogP contribution is -2.48. The molecule has 0 aliphatic carbocycles. The molecule has 3 atom stereocenters. The number of aromatic nitrogens is 2. The largest absolute Gasteiger partial charge is 0.492 e. The summed E-state index contributed by atoms with van der Waals surface area (Å²) in [4.78, 5) is 0. The van der Waals surface area contributed by atoms with Gasteiger partial charge in [0, 0.05) is 12.1 Å².